The van der Waals surface area contributed by atoms with E-state index in [1.807, 2.05) is 17.4 Å². The van der Waals surface area contributed by atoms with Crippen molar-refractivity contribution in [2.75, 3.05) is 0 Å². The van der Waals surface area contributed by atoms with Crippen LogP contribution in [0.1, 0.15) is 27.1 Å². The number of allylic oxidation sites excluding steroid dienone is 1. The zero-order chi connectivity index (χ0) is 15.2. The maximum absolute atomic E-state index is 3.90. The summed E-state index contributed by atoms with van der Waals surface area (Å²) < 4.78 is 0. The zero-order valence-corrected chi connectivity index (χ0v) is 13.5. The molecule has 0 fully saturated rings. The van der Waals surface area contributed by atoms with Crippen LogP contribution in [0, 0.1) is 0 Å². The average molecular weight is 304 g/mol. The quantitative estimate of drug-likeness (QED) is 0.516. The molecule has 0 aliphatic carbocycles. The molecule has 3 rings (SSSR count). The molecule has 0 unspecified atom stereocenters. The SMILES string of the molecule is C=CCc1csc(Cc2ccccc2)c1Cc1ccccc1. The van der Waals surface area contributed by atoms with Crippen LogP contribution in [0.3, 0.4) is 0 Å². The highest BCUT2D eigenvalue weighted by atomic mass is 32.1. The van der Waals surface area contributed by atoms with Crippen molar-refractivity contribution in [1.29, 1.82) is 0 Å². The molecule has 0 saturated heterocycles. The minimum Gasteiger partial charge on any atom is -0.148 e. The molecular formula is C21H20S. The second-order valence-electron chi connectivity index (χ2n) is 5.48. The number of hydrogen-bond donors (Lipinski definition) is 0. The smallest absolute Gasteiger partial charge is 0.0127 e. The molecule has 0 aliphatic heterocycles. The van der Waals surface area contributed by atoms with E-state index in [-0.39, 0.29) is 0 Å². The first kappa shape index (κ1) is 14.8. The van der Waals surface area contributed by atoms with Crippen LogP contribution in [0.4, 0.5) is 0 Å². The maximum atomic E-state index is 3.90. The van der Waals surface area contributed by atoms with E-state index in [4.69, 9.17) is 0 Å². The van der Waals surface area contributed by atoms with Crippen LogP contribution < -0.4 is 0 Å². The number of thiophene rings is 1. The first-order valence-corrected chi connectivity index (χ1v) is 8.51. The van der Waals surface area contributed by atoms with Gasteiger partial charge in [0.15, 0.2) is 0 Å². The van der Waals surface area contributed by atoms with E-state index in [9.17, 15) is 0 Å². The fraction of sp³-hybridized carbons (Fsp3) is 0.143. The fourth-order valence-corrected chi connectivity index (χ4v) is 3.85. The van der Waals surface area contributed by atoms with Gasteiger partial charge in [0, 0.05) is 11.3 Å². The molecule has 0 saturated carbocycles. The third kappa shape index (κ3) is 3.55. The van der Waals surface area contributed by atoms with Crippen molar-refractivity contribution in [1.82, 2.24) is 0 Å². The predicted octanol–water partition coefficient (Wildman–Crippen LogP) is 5.66. The van der Waals surface area contributed by atoms with Gasteiger partial charge in [-0.05, 0) is 40.5 Å². The Labute approximate surface area is 136 Å². The van der Waals surface area contributed by atoms with Crippen LogP contribution in [0.15, 0.2) is 78.7 Å². The molecular weight excluding hydrogens is 284 g/mol. The third-order valence-electron chi connectivity index (χ3n) is 3.86. The molecule has 0 N–H and O–H groups in total. The van der Waals surface area contributed by atoms with Crippen molar-refractivity contribution in [3.8, 4) is 0 Å². The van der Waals surface area contributed by atoms with Gasteiger partial charge in [0.25, 0.3) is 0 Å². The maximum Gasteiger partial charge on any atom is 0.0127 e. The summed E-state index contributed by atoms with van der Waals surface area (Å²) in [6.45, 7) is 3.90. The van der Waals surface area contributed by atoms with Gasteiger partial charge in [-0.2, -0.15) is 0 Å². The Morgan fingerprint density at radius 2 is 1.41 bits per heavy atom. The molecule has 0 nitrogen and oxygen atoms in total. The highest BCUT2D eigenvalue weighted by Crippen LogP contribution is 2.28. The van der Waals surface area contributed by atoms with Crippen molar-refractivity contribution >= 4 is 11.3 Å². The summed E-state index contributed by atoms with van der Waals surface area (Å²) in [5.74, 6) is 0. The molecule has 0 amide bonds. The second kappa shape index (κ2) is 7.24. The lowest BCUT2D eigenvalue weighted by molar-refractivity contribution is 1.09. The molecule has 0 radical (unpaired) electrons. The van der Waals surface area contributed by atoms with Gasteiger partial charge in [-0.15, -0.1) is 17.9 Å². The van der Waals surface area contributed by atoms with Gasteiger partial charge < -0.3 is 0 Å². The van der Waals surface area contributed by atoms with E-state index in [0.29, 0.717) is 0 Å². The largest absolute Gasteiger partial charge is 0.148 e. The lowest BCUT2D eigenvalue weighted by Crippen LogP contribution is -1.96. The Morgan fingerprint density at radius 1 is 0.818 bits per heavy atom. The van der Waals surface area contributed by atoms with Crippen LogP contribution in [0.25, 0.3) is 0 Å². The standard InChI is InChI=1S/C21H20S/c1-2-9-19-16-22-21(15-18-12-7-4-8-13-18)20(19)14-17-10-5-3-6-11-17/h2-8,10-13,16H,1,9,14-15H2. The molecule has 1 heterocycles. The lowest BCUT2D eigenvalue weighted by atomic mass is 9.97. The topological polar surface area (TPSA) is 0 Å². The zero-order valence-electron chi connectivity index (χ0n) is 12.7. The van der Waals surface area contributed by atoms with Crippen LogP contribution in [0.2, 0.25) is 0 Å². The summed E-state index contributed by atoms with van der Waals surface area (Å²) in [6.07, 6.45) is 4.98. The second-order valence-corrected chi connectivity index (χ2v) is 6.44. The highest BCUT2D eigenvalue weighted by Gasteiger charge is 2.12. The average Bonchev–Trinajstić information content (AvgIpc) is 2.92. The van der Waals surface area contributed by atoms with E-state index < -0.39 is 0 Å². The molecule has 0 atom stereocenters. The monoisotopic (exact) mass is 304 g/mol. The Hall–Kier alpha value is -2.12. The summed E-state index contributed by atoms with van der Waals surface area (Å²) in [5, 5.41) is 2.30. The summed E-state index contributed by atoms with van der Waals surface area (Å²) in [4.78, 5) is 1.48. The molecule has 110 valence electrons. The van der Waals surface area contributed by atoms with Crippen LogP contribution >= 0.6 is 11.3 Å². The third-order valence-corrected chi connectivity index (χ3v) is 4.94. The molecule has 22 heavy (non-hydrogen) atoms. The summed E-state index contributed by atoms with van der Waals surface area (Å²) >= 11 is 1.88. The Bertz CT molecular complexity index is 723. The summed E-state index contributed by atoms with van der Waals surface area (Å²) in [5.41, 5.74) is 5.67. The summed E-state index contributed by atoms with van der Waals surface area (Å²) in [6, 6.07) is 21.5. The highest BCUT2D eigenvalue weighted by molar-refractivity contribution is 7.10. The van der Waals surface area contributed by atoms with Gasteiger partial charge in [0.1, 0.15) is 0 Å². The molecule has 0 bridgehead atoms. The van der Waals surface area contributed by atoms with Gasteiger partial charge in [0.05, 0.1) is 0 Å². The lowest BCUT2D eigenvalue weighted by Gasteiger charge is -2.08. The van der Waals surface area contributed by atoms with Crippen molar-refractivity contribution in [3.63, 3.8) is 0 Å². The number of benzene rings is 2. The molecule has 3 aromatic rings. The van der Waals surface area contributed by atoms with Crippen LogP contribution in [-0.2, 0) is 19.3 Å². The van der Waals surface area contributed by atoms with Crippen molar-refractivity contribution in [2.45, 2.75) is 19.3 Å². The first-order valence-electron chi connectivity index (χ1n) is 7.63. The minimum absolute atomic E-state index is 0.952. The Balaban J connectivity index is 1.91. The number of rotatable bonds is 6. The first-order chi connectivity index (χ1) is 10.9. The summed E-state index contributed by atoms with van der Waals surface area (Å²) in [7, 11) is 0. The van der Waals surface area contributed by atoms with E-state index in [2.05, 4.69) is 72.6 Å². The predicted molar refractivity (Wildman–Crippen MR) is 96.7 cm³/mol. The van der Waals surface area contributed by atoms with Gasteiger partial charge in [-0.1, -0.05) is 66.7 Å². The van der Waals surface area contributed by atoms with E-state index in [0.717, 1.165) is 19.3 Å². The van der Waals surface area contributed by atoms with Gasteiger partial charge in [-0.3, -0.25) is 0 Å². The molecule has 1 aromatic heterocycles. The number of hydrogen-bond acceptors (Lipinski definition) is 1. The Kier molecular flexibility index (Phi) is 4.87. The molecule has 0 spiro atoms. The van der Waals surface area contributed by atoms with E-state index in [1.54, 1.807) is 0 Å². The molecule has 0 aliphatic rings. The van der Waals surface area contributed by atoms with Crippen molar-refractivity contribution in [2.24, 2.45) is 0 Å². The van der Waals surface area contributed by atoms with Gasteiger partial charge >= 0.3 is 0 Å². The van der Waals surface area contributed by atoms with E-state index >= 15 is 0 Å². The minimum atomic E-state index is 0.952. The Morgan fingerprint density at radius 3 is 2.00 bits per heavy atom. The molecule has 2 aromatic carbocycles. The normalized spacial score (nSPS) is 10.5. The van der Waals surface area contributed by atoms with Crippen LogP contribution in [0.5, 0.6) is 0 Å². The van der Waals surface area contributed by atoms with Crippen LogP contribution in [-0.4, -0.2) is 0 Å². The van der Waals surface area contributed by atoms with Gasteiger partial charge in [0.2, 0.25) is 0 Å². The molecule has 1 heteroatoms. The fourth-order valence-electron chi connectivity index (χ4n) is 2.73. The van der Waals surface area contributed by atoms with Gasteiger partial charge in [-0.25, -0.2) is 0 Å². The van der Waals surface area contributed by atoms with E-state index in [1.165, 1.54) is 27.1 Å². The van der Waals surface area contributed by atoms with Crippen molar-refractivity contribution in [3.05, 3.63) is 106 Å². The van der Waals surface area contributed by atoms with Crippen molar-refractivity contribution < 1.29 is 0 Å².